The number of hydrogen-bond donors (Lipinski definition) is 1. The van der Waals surface area contributed by atoms with Crippen LogP contribution in [0.4, 0.5) is 11.5 Å². The van der Waals surface area contributed by atoms with E-state index < -0.39 is 0 Å². The minimum atomic E-state index is 0.109. The molecular formula is C22H24N4O. The van der Waals surface area contributed by atoms with E-state index in [-0.39, 0.29) is 5.91 Å². The third-order valence-electron chi connectivity index (χ3n) is 5.22. The van der Waals surface area contributed by atoms with E-state index in [1.165, 1.54) is 22.4 Å². The van der Waals surface area contributed by atoms with Crippen LogP contribution in [0.2, 0.25) is 0 Å². The summed E-state index contributed by atoms with van der Waals surface area (Å²) < 4.78 is 1.93. The largest absolute Gasteiger partial charge is 0.338 e. The van der Waals surface area contributed by atoms with E-state index in [1.807, 2.05) is 16.6 Å². The normalized spacial score (nSPS) is 13.4. The van der Waals surface area contributed by atoms with Gasteiger partial charge in [-0.05, 0) is 30.2 Å². The minimum absolute atomic E-state index is 0.109. The summed E-state index contributed by atoms with van der Waals surface area (Å²) in [6.07, 6.45) is 0.840. The van der Waals surface area contributed by atoms with Gasteiger partial charge in [0.15, 0.2) is 5.82 Å². The van der Waals surface area contributed by atoms with Crippen LogP contribution in [0.15, 0.2) is 48.5 Å². The zero-order chi connectivity index (χ0) is 19.0. The summed E-state index contributed by atoms with van der Waals surface area (Å²) in [7, 11) is 1.97. The predicted octanol–water partition coefficient (Wildman–Crippen LogP) is 4.04. The molecule has 27 heavy (non-hydrogen) atoms. The quantitative estimate of drug-likeness (QED) is 0.767. The third kappa shape index (κ3) is 3.45. The van der Waals surface area contributed by atoms with Gasteiger partial charge in [-0.1, -0.05) is 42.0 Å². The number of benzene rings is 2. The van der Waals surface area contributed by atoms with Gasteiger partial charge in [0.2, 0.25) is 5.91 Å². The lowest BCUT2D eigenvalue weighted by Crippen LogP contribution is -2.34. The Kier molecular flexibility index (Phi) is 4.44. The zero-order valence-corrected chi connectivity index (χ0v) is 16.0. The first kappa shape index (κ1) is 17.3. The summed E-state index contributed by atoms with van der Waals surface area (Å²) >= 11 is 0. The number of carbonyl (C=O) groups excluding carboxylic acids is 1. The van der Waals surface area contributed by atoms with Gasteiger partial charge in [0.25, 0.3) is 0 Å². The highest BCUT2D eigenvalue weighted by Crippen LogP contribution is 2.29. The summed E-state index contributed by atoms with van der Waals surface area (Å²) in [6, 6.07) is 16.9. The molecule has 1 aliphatic heterocycles. The van der Waals surface area contributed by atoms with Crippen LogP contribution in [-0.4, -0.2) is 27.1 Å². The van der Waals surface area contributed by atoms with Crippen LogP contribution in [0.5, 0.6) is 0 Å². The van der Waals surface area contributed by atoms with Crippen LogP contribution >= 0.6 is 0 Å². The second-order valence-corrected chi connectivity index (χ2v) is 7.16. The highest BCUT2D eigenvalue weighted by molar-refractivity contribution is 5.74. The maximum atomic E-state index is 11.8. The third-order valence-corrected chi connectivity index (χ3v) is 5.22. The molecule has 0 atom stereocenters. The average Bonchev–Trinajstić information content (AvgIpc) is 2.98. The fourth-order valence-corrected chi connectivity index (χ4v) is 3.59. The van der Waals surface area contributed by atoms with E-state index in [1.54, 1.807) is 6.92 Å². The molecule has 1 aromatic heterocycles. The van der Waals surface area contributed by atoms with E-state index in [9.17, 15) is 4.79 Å². The minimum Gasteiger partial charge on any atom is -0.338 e. The standard InChI is InChI=1S/C22H24N4O/c1-15-4-6-17(7-5-15)18-8-10-19(11-9-18)23-22-20-14-26(16(2)27)13-12-21(20)25(3)24-22/h4-11H,12-14H2,1-3H3,(H,23,24). The first-order valence-electron chi connectivity index (χ1n) is 9.25. The number of fused-ring (bicyclic) bond motifs is 1. The molecule has 0 saturated carbocycles. The van der Waals surface area contributed by atoms with Gasteiger partial charge in [-0.25, -0.2) is 0 Å². The summed E-state index contributed by atoms with van der Waals surface area (Å²) in [5.74, 6) is 0.944. The number of anilines is 2. The SMILES string of the molecule is CC(=O)N1CCc2c(c(Nc3ccc(-c4ccc(C)cc4)cc3)nn2C)C1. The monoisotopic (exact) mass is 360 g/mol. The van der Waals surface area contributed by atoms with Crippen molar-refractivity contribution in [2.45, 2.75) is 26.8 Å². The summed E-state index contributed by atoms with van der Waals surface area (Å²) in [5.41, 5.74) is 6.96. The molecule has 2 aromatic carbocycles. The molecule has 1 amide bonds. The number of nitrogens with one attached hydrogen (secondary N) is 1. The van der Waals surface area contributed by atoms with Crippen molar-refractivity contribution in [3.05, 3.63) is 65.4 Å². The molecule has 0 bridgehead atoms. The molecule has 0 unspecified atom stereocenters. The first-order chi connectivity index (χ1) is 13.0. The van der Waals surface area contributed by atoms with Crippen LogP contribution in [0.25, 0.3) is 11.1 Å². The van der Waals surface area contributed by atoms with E-state index in [0.29, 0.717) is 6.54 Å². The number of carbonyl (C=O) groups is 1. The zero-order valence-electron chi connectivity index (χ0n) is 16.0. The van der Waals surface area contributed by atoms with Gasteiger partial charge in [-0.3, -0.25) is 9.48 Å². The van der Waals surface area contributed by atoms with Gasteiger partial charge in [0, 0.05) is 43.9 Å². The molecule has 0 fully saturated rings. The highest BCUT2D eigenvalue weighted by atomic mass is 16.2. The van der Waals surface area contributed by atoms with Crippen molar-refractivity contribution in [1.82, 2.24) is 14.7 Å². The molecule has 0 radical (unpaired) electrons. The maximum Gasteiger partial charge on any atom is 0.219 e. The molecular weight excluding hydrogens is 336 g/mol. The van der Waals surface area contributed by atoms with Crippen molar-refractivity contribution >= 4 is 17.4 Å². The Balaban J connectivity index is 1.56. The lowest BCUT2D eigenvalue weighted by Gasteiger charge is -2.26. The van der Waals surface area contributed by atoms with Crippen molar-refractivity contribution in [1.29, 1.82) is 0 Å². The number of nitrogens with zero attached hydrogens (tertiary/aromatic N) is 3. The molecule has 2 heterocycles. The topological polar surface area (TPSA) is 50.2 Å². The summed E-state index contributed by atoms with van der Waals surface area (Å²) in [5, 5.41) is 8.07. The van der Waals surface area contributed by atoms with Crippen molar-refractivity contribution in [2.75, 3.05) is 11.9 Å². The highest BCUT2D eigenvalue weighted by Gasteiger charge is 2.25. The molecule has 5 heteroatoms. The Hall–Kier alpha value is -3.08. The van der Waals surface area contributed by atoms with Crippen molar-refractivity contribution in [3.8, 4) is 11.1 Å². The van der Waals surface area contributed by atoms with Gasteiger partial charge in [-0.2, -0.15) is 5.10 Å². The van der Waals surface area contributed by atoms with Crippen LogP contribution in [0.3, 0.4) is 0 Å². The average molecular weight is 360 g/mol. The second-order valence-electron chi connectivity index (χ2n) is 7.16. The molecule has 5 nitrogen and oxygen atoms in total. The van der Waals surface area contributed by atoms with Gasteiger partial charge < -0.3 is 10.2 Å². The van der Waals surface area contributed by atoms with Crippen LogP contribution in [0.1, 0.15) is 23.7 Å². The van der Waals surface area contributed by atoms with Crippen molar-refractivity contribution < 1.29 is 4.79 Å². The van der Waals surface area contributed by atoms with Crippen LogP contribution in [-0.2, 0) is 24.8 Å². The fraction of sp³-hybridized carbons (Fsp3) is 0.273. The fourth-order valence-electron chi connectivity index (χ4n) is 3.59. The predicted molar refractivity (Wildman–Crippen MR) is 108 cm³/mol. The molecule has 0 spiro atoms. The number of amides is 1. The van der Waals surface area contributed by atoms with Gasteiger partial charge in [0.1, 0.15) is 0 Å². The Labute approximate surface area is 159 Å². The summed E-state index contributed by atoms with van der Waals surface area (Å²) in [6.45, 7) is 5.09. The molecule has 0 saturated heterocycles. The number of aryl methyl sites for hydroxylation is 2. The molecule has 0 aliphatic carbocycles. The van der Waals surface area contributed by atoms with Crippen LogP contribution in [0, 0.1) is 6.92 Å². The molecule has 4 rings (SSSR count). The Morgan fingerprint density at radius 3 is 2.30 bits per heavy atom. The number of hydrogen-bond acceptors (Lipinski definition) is 3. The Morgan fingerprint density at radius 1 is 1.04 bits per heavy atom. The summed E-state index contributed by atoms with van der Waals surface area (Å²) in [4.78, 5) is 13.6. The molecule has 3 aromatic rings. The maximum absolute atomic E-state index is 11.8. The second kappa shape index (κ2) is 6.91. The number of aromatic nitrogens is 2. The molecule has 1 N–H and O–H groups in total. The lowest BCUT2D eigenvalue weighted by atomic mass is 10.0. The lowest BCUT2D eigenvalue weighted by molar-refractivity contribution is -0.129. The van der Waals surface area contributed by atoms with Crippen molar-refractivity contribution in [2.24, 2.45) is 7.05 Å². The van der Waals surface area contributed by atoms with Gasteiger partial charge >= 0.3 is 0 Å². The van der Waals surface area contributed by atoms with Gasteiger partial charge in [-0.15, -0.1) is 0 Å². The van der Waals surface area contributed by atoms with Gasteiger partial charge in [0.05, 0.1) is 6.54 Å². The van der Waals surface area contributed by atoms with E-state index in [2.05, 4.69) is 65.9 Å². The Morgan fingerprint density at radius 2 is 1.67 bits per heavy atom. The van der Waals surface area contributed by atoms with E-state index in [0.717, 1.165) is 30.0 Å². The van der Waals surface area contributed by atoms with E-state index >= 15 is 0 Å². The first-order valence-corrected chi connectivity index (χ1v) is 9.25. The smallest absolute Gasteiger partial charge is 0.219 e. The van der Waals surface area contributed by atoms with E-state index in [4.69, 9.17) is 0 Å². The molecule has 138 valence electrons. The van der Waals surface area contributed by atoms with Crippen LogP contribution < -0.4 is 5.32 Å². The molecule has 1 aliphatic rings. The Bertz CT molecular complexity index is 971. The van der Waals surface area contributed by atoms with Crippen molar-refractivity contribution in [3.63, 3.8) is 0 Å². The number of rotatable bonds is 3.